The lowest BCUT2D eigenvalue weighted by Gasteiger charge is -2.29. The zero-order valence-electron chi connectivity index (χ0n) is 16.6. The van der Waals surface area contributed by atoms with E-state index in [2.05, 4.69) is 31.4 Å². The summed E-state index contributed by atoms with van der Waals surface area (Å²) < 4.78 is 0. The van der Waals surface area contributed by atoms with Gasteiger partial charge in [-0.25, -0.2) is 0 Å². The molecule has 0 heterocycles. The Morgan fingerprint density at radius 3 is 2.25 bits per heavy atom. The summed E-state index contributed by atoms with van der Waals surface area (Å²) in [6.07, 6.45) is 5.32. The lowest BCUT2D eigenvalue weighted by atomic mass is 9.82. The molecule has 2 N–H and O–H groups in total. The second-order valence-corrected chi connectivity index (χ2v) is 8.71. The second-order valence-electron chi connectivity index (χ2n) is 8.71. The summed E-state index contributed by atoms with van der Waals surface area (Å²) in [4.78, 5) is 23.9. The Labute approximate surface area is 148 Å². The van der Waals surface area contributed by atoms with Crippen molar-refractivity contribution >= 4 is 11.8 Å². The normalized spacial score (nSPS) is 18.6. The van der Waals surface area contributed by atoms with Crippen molar-refractivity contribution in [3.05, 3.63) is 0 Å². The summed E-state index contributed by atoms with van der Waals surface area (Å²) in [7, 11) is 0. The lowest BCUT2D eigenvalue weighted by molar-refractivity contribution is -0.126. The van der Waals surface area contributed by atoms with Crippen molar-refractivity contribution in [3.63, 3.8) is 0 Å². The molecule has 0 bridgehead atoms. The van der Waals surface area contributed by atoms with Gasteiger partial charge in [0.15, 0.2) is 0 Å². The number of rotatable bonds is 11. The van der Waals surface area contributed by atoms with Gasteiger partial charge in [0.25, 0.3) is 0 Å². The van der Waals surface area contributed by atoms with Crippen molar-refractivity contribution in [2.75, 3.05) is 13.1 Å². The van der Waals surface area contributed by atoms with E-state index in [4.69, 9.17) is 0 Å². The van der Waals surface area contributed by atoms with E-state index >= 15 is 0 Å². The van der Waals surface area contributed by atoms with Gasteiger partial charge in [0, 0.05) is 24.9 Å². The molecule has 1 rings (SSSR count). The molecule has 2 unspecified atom stereocenters. The minimum absolute atomic E-state index is 0.0824. The van der Waals surface area contributed by atoms with Gasteiger partial charge in [0.1, 0.15) is 0 Å². The van der Waals surface area contributed by atoms with Gasteiger partial charge < -0.3 is 10.6 Å². The van der Waals surface area contributed by atoms with Crippen LogP contribution >= 0.6 is 0 Å². The van der Waals surface area contributed by atoms with Crippen LogP contribution in [0.15, 0.2) is 0 Å². The molecule has 0 spiro atoms. The predicted octanol–water partition coefficient (Wildman–Crippen LogP) is 3.75. The van der Waals surface area contributed by atoms with Crippen molar-refractivity contribution in [2.24, 2.45) is 29.1 Å². The summed E-state index contributed by atoms with van der Waals surface area (Å²) in [5.41, 5.74) is 0.0824. The Morgan fingerprint density at radius 1 is 1.08 bits per heavy atom. The molecule has 1 aliphatic carbocycles. The molecule has 0 aromatic rings. The number of carbonyl (C=O) groups excluding carboxylic acids is 2. The Morgan fingerprint density at radius 2 is 1.71 bits per heavy atom. The first-order chi connectivity index (χ1) is 11.2. The molecular formula is C20H38N2O2. The molecule has 0 aromatic carbocycles. The standard InChI is InChI=1S/C20H38N2O2/c1-7-15(3)18(23)21-11-10-14(2)12-20(5,6)13-22-19(24)16(4)17-8-9-17/h14-17H,7-13H2,1-6H3,(H,21,23)(H,22,24)/t14-,15?,16?/m1/s1. The molecule has 140 valence electrons. The minimum Gasteiger partial charge on any atom is -0.356 e. The zero-order valence-corrected chi connectivity index (χ0v) is 16.6. The molecule has 4 heteroatoms. The van der Waals surface area contributed by atoms with E-state index in [1.165, 1.54) is 12.8 Å². The third-order valence-corrected chi connectivity index (χ3v) is 5.38. The number of amides is 2. The Bertz CT molecular complexity index is 416. The maximum Gasteiger partial charge on any atom is 0.223 e. The smallest absolute Gasteiger partial charge is 0.223 e. The van der Waals surface area contributed by atoms with Gasteiger partial charge in [0.2, 0.25) is 11.8 Å². The average Bonchev–Trinajstić information content (AvgIpc) is 3.35. The highest BCUT2D eigenvalue weighted by atomic mass is 16.2. The third-order valence-electron chi connectivity index (χ3n) is 5.38. The van der Waals surface area contributed by atoms with E-state index in [-0.39, 0.29) is 29.1 Å². The number of hydrogen-bond acceptors (Lipinski definition) is 2. The molecule has 1 saturated carbocycles. The minimum atomic E-state index is 0.0824. The van der Waals surface area contributed by atoms with Gasteiger partial charge in [0.05, 0.1) is 0 Å². The Hall–Kier alpha value is -1.06. The summed E-state index contributed by atoms with van der Waals surface area (Å²) in [5, 5.41) is 6.16. The number of nitrogens with one attached hydrogen (secondary N) is 2. The highest BCUT2D eigenvalue weighted by Crippen LogP contribution is 2.36. The van der Waals surface area contributed by atoms with E-state index in [9.17, 15) is 9.59 Å². The van der Waals surface area contributed by atoms with Crippen molar-refractivity contribution in [3.8, 4) is 0 Å². The fourth-order valence-corrected chi connectivity index (χ4v) is 3.22. The molecule has 24 heavy (non-hydrogen) atoms. The van der Waals surface area contributed by atoms with E-state index < -0.39 is 0 Å². The van der Waals surface area contributed by atoms with Crippen LogP contribution in [0.1, 0.15) is 73.6 Å². The molecule has 0 aliphatic heterocycles. The van der Waals surface area contributed by atoms with Crippen LogP contribution < -0.4 is 10.6 Å². The van der Waals surface area contributed by atoms with Crippen LogP contribution in [0.4, 0.5) is 0 Å². The van der Waals surface area contributed by atoms with Crippen molar-refractivity contribution in [1.82, 2.24) is 10.6 Å². The number of hydrogen-bond donors (Lipinski definition) is 2. The molecule has 4 nitrogen and oxygen atoms in total. The van der Waals surface area contributed by atoms with Gasteiger partial charge in [-0.15, -0.1) is 0 Å². The SMILES string of the molecule is CCC(C)C(=O)NCC[C@@H](C)CC(C)(C)CNC(=O)C(C)C1CC1. The predicted molar refractivity (Wildman–Crippen MR) is 99.5 cm³/mol. The topological polar surface area (TPSA) is 58.2 Å². The second kappa shape index (κ2) is 9.43. The average molecular weight is 339 g/mol. The summed E-state index contributed by atoms with van der Waals surface area (Å²) in [6, 6.07) is 0. The monoisotopic (exact) mass is 338 g/mol. The van der Waals surface area contributed by atoms with Crippen molar-refractivity contribution in [2.45, 2.75) is 73.6 Å². The fraction of sp³-hybridized carbons (Fsp3) is 0.900. The molecule has 0 radical (unpaired) electrons. The van der Waals surface area contributed by atoms with Crippen molar-refractivity contribution in [1.29, 1.82) is 0 Å². The largest absolute Gasteiger partial charge is 0.356 e. The summed E-state index contributed by atoms with van der Waals surface area (Å²) in [6.45, 7) is 14.2. The zero-order chi connectivity index (χ0) is 18.3. The first-order valence-corrected chi connectivity index (χ1v) is 9.71. The van der Waals surface area contributed by atoms with Gasteiger partial charge in [-0.1, -0.05) is 41.5 Å². The Kier molecular flexibility index (Phi) is 8.24. The molecule has 2 amide bonds. The molecular weight excluding hydrogens is 300 g/mol. The van der Waals surface area contributed by atoms with Gasteiger partial charge >= 0.3 is 0 Å². The Balaban J connectivity index is 2.24. The fourth-order valence-electron chi connectivity index (χ4n) is 3.22. The van der Waals surface area contributed by atoms with Crippen LogP contribution in [0.25, 0.3) is 0 Å². The third kappa shape index (κ3) is 7.67. The maximum absolute atomic E-state index is 12.1. The van der Waals surface area contributed by atoms with E-state index in [0.29, 0.717) is 11.8 Å². The van der Waals surface area contributed by atoms with Crippen LogP contribution in [0.5, 0.6) is 0 Å². The van der Waals surface area contributed by atoms with E-state index in [1.807, 2.05) is 20.8 Å². The highest BCUT2D eigenvalue weighted by molar-refractivity contribution is 5.79. The van der Waals surface area contributed by atoms with Gasteiger partial charge in [-0.05, 0) is 49.4 Å². The first kappa shape index (κ1) is 21.0. The van der Waals surface area contributed by atoms with Crippen molar-refractivity contribution < 1.29 is 9.59 Å². The van der Waals surface area contributed by atoms with Crippen LogP contribution in [-0.4, -0.2) is 24.9 Å². The van der Waals surface area contributed by atoms with Crippen LogP contribution in [0.3, 0.4) is 0 Å². The first-order valence-electron chi connectivity index (χ1n) is 9.71. The lowest BCUT2D eigenvalue weighted by Crippen LogP contribution is -2.38. The highest BCUT2D eigenvalue weighted by Gasteiger charge is 2.33. The molecule has 0 saturated heterocycles. The quantitative estimate of drug-likeness (QED) is 0.603. The van der Waals surface area contributed by atoms with Crippen LogP contribution in [0.2, 0.25) is 0 Å². The van der Waals surface area contributed by atoms with Crippen LogP contribution in [-0.2, 0) is 9.59 Å². The number of carbonyl (C=O) groups is 2. The summed E-state index contributed by atoms with van der Waals surface area (Å²) in [5.74, 6) is 1.76. The molecule has 1 aliphatic rings. The van der Waals surface area contributed by atoms with Gasteiger partial charge in [-0.3, -0.25) is 9.59 Å². The van der Waals surface area contributed by atoms with E-state index in [1.54, 1.807) is 0 Å². The van der Waals surface area contributed by atoms with Crippen LogP contribution in [0, 0.1) is 29.1 Å². The molecule has 0 aromatic heterocycles. The van der Waals surface area contributed by atoms with Gasteiger partial charge in [-0.2, -0.15) is 0 Å². The van der Waals surface area contributed by atoms with E-state index in [0.717, 1.165) is 32.4 Å². The molecule has 1 fully saturated rings. The molecule has 3 atom stereocenters. The summed E-state index contributed by atoms with van der Waals surface area (Å²) >= 11 is 0. The maximum atomic E-state index is 12.1.